The highest BCUT2D eigenvalue weighted by Gasteiger charge is 2.00. The molecule has 0 spiro atoms. The van der Waals surface area contributed by atoms with Gasteiger partial charge in [-0.3, -0.25) is 4.68 Å². The highest BCUT2D eigenvalue weighted by atomic mass is 15.3. The van der Waals surface area contributed by atoms with Crippen molar-refractivity contribution in [2.24, 2.45) is 0 Å². The molecule has 18 heavy (non-hydrogen) atoms. The fraction of sp³-hybridized carbons (Fsp3) is 0.462. The minimum Gasteiger partial charge on any atom is -0.369 e. The molecule has 2 rings (SSSR count). The van der Waals surface area contributed by atoms with Gasteiger partial charge in [0.05, 0.1) is 11.4 Å². The van der Waals surface area contributed by atoms with Crippen molar-refractivity contribution in [2.45, 2.75) is 33.7 Å². The molecule has 96 valence electrons. The molecule has 0 aromatic carbocycles. The standard InChI is InChI=1S/C13H19N5/c1-10-5-6-13(16-15-10)14-7-4-8-18-12(3)9-11(2)17-18/h5-6,9H,4,7-8H2,1-3H3,(H,14,16). The smallest absolute Gasteiger partial charge is 0.148 e. The van der Waals surface area contributed by atoms with Gasteiger partial charge in [0, 0.05) is 18.8 Å². The lowest BCUT2D eigenvalue weighted by Gasteiger charge is -2.06. The predicted molar refractivity (Wildman–Crippen MR) is 71.6 cm³/mol. The van der Waals surface area contributed by atoms with Crippen molar-refractivity contribution < 1.29 is 0 Å². The third-order valence-electron chi connectivity index (χ3n) is 2.75. The highest BCUT2D eigenvalue weighted by Crippen LogP contribution is 2.04. The van der Waals surface area contributed by atoms with E-state index < -0.39 is 0 Å². The second-order valence-electron chi connectivity index (χ2n) is 4.49. The molecule has 2 aromatic heterocycles. The summed E-state index contributed by atoms with van der Waals surface area (Å²) in [5.74, 6) is 0.828. The van der Waals surface area contributed by atoms with E-state index in [9.17, 15) is 0 Å². The molecule has 2 heterocycles. The first-order valence-corrected chi connectivity index (χ1v) is 6.20. The molecule has 1 N–H and O–H groups in total. The number of aromatic nitrogens is 4. The van der Waals surface area contributed by atoms with Gasteiger partial charge < -0.3 is 5.32 Å². The summed E-state index contributed by atoms with van der Waals surface area (Å²) >= 11 is 0. The molecule has 0 aliphatic carbocycles. The van der Waals surface area contributed by atoms with Gasteiger partial charge in [-0.2, -0.15) is 10.2 Å². The third kappa shape index (κ3) is 3.29. The van der Waals surface area contributed by atoms with Crippen LogP contribution in [-0.4, -0.2) is 26.5 Å². The Kier molecular flexibility index (Phi) is 3.92. The molecule has 0 fully saturated rings. The largest absolute Gasteiger partial charge is 0.369 e. The minimum atomic E-state index is 0.828. The fourth-order valence-electron chi connectivity index (χ4n) is 1.84. The van der Waals surface area contributed by atoms with E-state index in [4.69, 9.17) is 0 Å². The molecule has 0 aliphatic heterocycles. The first kappa shape index (κ1) is 12.5. The first-order chi connectivity index (χ1) is 8.65. The molecular formula is C13H19N5. The van der Waals surface area contributed by atoms with Crippen molar-refractivity contribution in [1.29, 1.82) is 0 Å². The fourth-order valence-corrected chi connectivity index (χ4v) is 1.84. The number of hydrogen-bond donors (Lipinski definition) is 1. The van der Waals surface area contributed by atoms with Crippen molar-refractivity contribution >= 4 is 5.82 Å². The van der Waals surface area contributed by atoms with Crippen LogP contribution in [0, 0.1) is 20.8 Å². The maximum absolute atomic E-state index is 4.43. The van der Waals surface area contributed by atoms with Crippen LogP contribution in [0.4, 0.5) is 5.82 Å². The number of nitrogens with zero attached hydrogens (tertiary/aromatic N) is 4. The molecule has 0 unspecified atom stereocenters. The zero-order chi connectivity index (χ0) is 13.0. The topological polar surface area (TPSA) is 55.6 Å². The van der Waals surface area contributed by atoms with Gasteiger partial charge in [0.1, 0.15) is 5.82 Å². The number of aryl methyl sites for hydroxylation is 4. The number of nitrogens with one attached hydrogen (secondary N) is 1. The van der Waals surface area contributed by atoms with Crippen LogP contribution in [0.3, 0.4) is 0 Å². The maximum Gasteiger partial charge on any atom is 0.148 e. The van der Waals surface area contributed by atoms with Crippen molar-refractivity contribution in [1.82, 2.24) is 20.0 Å². The van der Waals surface area contributed by atoms with E-state index >= 15 is 0 Å². The summed E-state index contributed by atoms with van der Waals surface area (Å²) in [6.07, 6.45) is 1.01. The van der Waals surface area contributed by atoms with Gasteiger partial charge >= 0.3 is 0 Å². The zero-order valence-corrected chi connectivity index (χ0v) is 11.1. The molecule has 0 atom stereocenters. The summed E-state index contributed by atoms with van der Waals surface area (Å²) < 4.78 is 2.04. The van der Waals surface area contributed by atoms with Crippen LogP contribution in [0.25, 0.3) is 0 Å². The summed E-state index contributed by atoms with van der Waals surface area (Å²) in [7, 11) is 0. The molecule has 0 bridgehead atoms. The Bertz CT molecular complexity index is 501. The van der Waals surface area contributed by atoms with E-state index in [2.05, 4.69) is 33.6 Å². The summed E-state index contributed by atoms with van der Waals surface area (Å²) in [6, 6.07) is 6.00. The van der Waals surface area contributed by atoms with Crippen molar-refractivity contribution in [2.75, 3.05) is 11.9 Å². The van der Waals surface area contributed by atoms with Gasteiger partial charge in [0.2, 0.25) is 0 Å². The van der Waals surface area contributed by atoms with Crippen molar-refractivity contribution in [3.05, 3.63) is 35.3 Å². The van der Waals surface area contributed by atoms with Crippen LogP contribution in [0.2, 0.25) is 0 Å². The molecule has 0 saturated carbocycles. The summed E-state index contributed by atoms with van der Waals surface area (Å²) in [5, 5.41) is 15.7. The molecule has 0 aliphatic rings. The quantitative estimate of drug-likeness (QED) is 0.820. The molecule has 5 heteroatoms. The Balaban J connectivity index is 1.76. The monoisotopic (exact) mass is 245 g/mol. The van der Waals surface area contributed by atoms with Gasteiger partial charge in [0.15, 0.2) is 0 Å². The number of rotatable bonds is 5. The maximum atomic E-state index is 4.43. The molecule has 0 saturated heterocycles. The Labute approximate surface area is 107 Å². The van der Waals surface area contributed by atoms with Gasteiger partial charge in [-0.1, -0.05) is 0 Å². The zero-order valence-electron chi connectivity index (χ0n) is 11.1. The lowest BCUT2D eigenvalue weighted by atomic mass is 10.3. The summed E-state index contributed by atoms with van der Waals surface area (Å²) in [5.41, 5.74) is 3.22. The third-order valence-corrected chi connectivity index (χ3v) is 2.75. The van der Waals surface area contributed by atoms with Crippen molar-refractivity contribution in [3.8, 4) is 0 Å². The highest BCUT2D eigenvalue weighted by molar-refractivity contribution is 5.32. The van der Waals surface area contributed by atoms with Crippen molar-refractivity contribution in [3.63, 3.8) is 0 Å². The summed E-state index contributed by atoms with van der Waals surface area (Å²) in [4.78, 5) is 0. The SMILES string of the molecule is Cc1ccc(NCCCn2nc(C)cc2C)nn1. The molecule has 0 amide bonds. The lowest BCUT2D eigenvalue weighted by molar-refractivity contribution is 0.573. The minimum absolute atomic E-state index is 0.828. The van der Waals surface area contributed by atoms with E-state index in [1.165, 1.54) is 5.69 Å². The van der Waals surface area contributed by atoms with Crippen LogP contribution < -0.4 is 5.32 Å². The van der Waals surface area contributed by atoms with Gasteiger partial charge in [-0.05, 0) is 45.4 Å². The molecule has 5 nitrogen and oxygen atoms in total. The number of anilines is 1. The Morgan fingerprint density at radius 3 is 2.56 bits per heavy atom. The van der Waals surface area contributed by atoms with Crippen LogP contribution in [0.5, 0.6) is 0 Å². The Morgan fingerprint density at radius 1 is 1.11 bits per heavy atom. The van der Waals surface area contributed by atoms with E-state index in [1.807, 2.05) is 30.7 Å². The van der Waals surface area contributed by atoms with Crippen LogP contribution in [0.15, 0.2) is 18.2 Å². The van der Waals surface area contributed by atoms with E-state index in [0.717, 1.165) is 36.7 Å². The first-order valence-electron chi connectivity index (χ1n) is 6.20. The van der Waals surface area contributed by atoms with Crippen LogP contribution in [-0.2, 0) is 6.54 Å². The molecular weight excluding hydrogens is 226 g/mol. The second kappa shape index (κ2) is 5.62. The molecule has 0 radical (unpaired) electrons. The van der Waals surface area contributed by atoms with Gasteiger partial charge in [-0.25, -0.2) is 0 Å². The lowest BCUT2D eigenvalue weighted by Crippen LogP contribution is -2.10. The average molecular weight is 245 g/mol. The number of hydrogen-bond acceptors (Lipinski definition) is 4. The normalized spacial score (nSPS) is 10.6. The van der Waals surface area contributed by atoms with E-state index in [1.54, 1.807) is 0 Å². The van der Waals surface area contributed by atoms with Gasteiger partial charge in [0.25, 0.3) is 0 Å². The predicted octanol–water partition coefficient (Wildman–Crippen LogP) is 2.10. The van der Waals surface area contributed by atoms with Crippen LogP contribution in [0.1, 0.15) is 23.5 Å². The molecule has 2 aromatic rings. The average Bonchev–Trinajstić information content (AvgIpc) is 2.66. The second-order valence-corrected chi connectivity index (χ2v) is 4.49. The van der Waals surface area contributed by atoms with Crippen LogP contribution >= 0.6 is 0 Å². The van der Waals surface area contributed by atoms with Gasteiger partial charge in [-0.15, -0.1) is 5.10 Å². The van der Waals surface area contributed by atoms with E-state index in [0.29, 0.717) is 0 Å². The Morgan fingerprint density at radius 2 is 1.94 bits per heavy atom. The van der Waals surface area contributed by atoms with E-state index in [-0.39, 0.29) is 0 Å². The Hall–Kier alpha value is -1.91. The summed E-state index contributed by atoms with van der Waals surface area (Å²) in [6.45, 7) is 7.82.